The summed E-state index contributed by atoms with van der Waals surface area (Å²) >= 11 is 0. The molecule has 164 valence electrons. The number of amides is 1. The average molecular weight is 422 g/mol. The molecule has 3 rings (SSSR count). The number of aromatic nitrogens is 2. The number of benzene rings is 1. The summed E-state index contributed by atoms with van der Waals surface area (Å²) in [4.78, 5) is 23.0. The first-order chi connectivity index (χ1) is 15.0. The van der Waals surface area contributed by atoms with Crippen LogP contribution < -0.4 is 5.73 Å². The molecule has 2 aromatic heterocycles. The topological polar surface area (TPSA) is 86.7 Å². The van der Waals surface area contributed by atoms with E-state index in [1.807, 2.05) is 30.5 Å². The molecule has 0 aliphatic rings. The predicted molar refractivity (Wildman–Crippen MR) is 122 cm³/mol. The minimum Gasteiger partial charge on any atom is -0.466 e. The number of fused-ring (bicyclic) bond motifs is 1. The molecule has 0 unspecified atom stereocenters. The lowest BCUT2D eigenvalue weighted by atomic mass is 9.94. The molecule has 0 bridgehead atoms. The highest BCUT2D eigenvalue weighted by atomic mass is 16.5. The van der Waals surface area contributed by atoms with Crippen molar-refractivity contribution in [3.63, 3.8) is 0 Å². The average Bonchev–Trinajstić information content (AvgIpc) is 3.16. The van der Waals surface area contributed by atoms with Gasteiger partial charge in [0.05, 0.1) is 17.8 Å². The fraction of sp³-hybridized carbons (Fsp3) is 0.400. The number of rotatable bonds is 10. The van der Waals surface area contributed by atoms with Crippen LogP contribution in [0.15, 0.2) is 36.4 Å². The maximum atomic E-state index is 11.6. The van der Waals surface area contributed by atoms with Crippen LogP contribution in [0.1, 0.15) is 66.8 Å². The Balaban J connectivity index is 1.91. The van der Waals surface area contributed by atoms with Crippen molar-refractivity contribution in [2.45, 2.75) is 59.3 Å². The van der Waals surface area contributed by atoms with Crippen molar-refractivity contribution < 1.29 is 14.3 Å². The summed E-state index contributed by atoms with van der Waals surface area (Å²) < 4.78 is 7.03. The third kappa shape index (κ3) is 5.13. The first-order valence-electron chi connectivity index (χ1n) is 11.0. The van der Waals surface area contributed by atoms with Crippen molar-refractivity contribution in [1.29, 1.82) is 0 Å². The minimum atomic E-state index is -0.430. The van der Waals surface area contributed by atoms with Gasteiger partial charge in [-0.1, -0.05) is 25.5 Å². The van der Waals surface area contributed by atoms with E-state index in [1.165, 1.54) is 5.56 Å². The van der Waals surface area contributed by atoms with E-state index >= 15 is 0 Å². The summed E-state index contributed by atoms with van der Waals surface area (Å²) in [6.07, 6.45) is 4.97. The van der Waals surface area contributed by atoms with E-state index in [0.717, 1.165) is 60.1 Å². The molecule has 0 aliphatic heterocycles. The number of unbranched alkanes of at least 4 members (excludes halogenated alkanes) is 2. The molecule has 0 aliphatic carbocycles. The number of aryl methyl sites for hydroxylation is 2. The molecule has 6 nitrogen and oxygen atoms in total. The van der Waals surface area contributed by atoms with E-state index in [0.29, 0.717) is 18.6 Å². The second-order valence-corrected chi connectivity index (χ2v) is 7.72. The van der Waals surface area contributed by atoms with Crippen LogP contribution >= 0.6 is 0 Å². The lowest BCUT2D eigenvalue weighted by molar-refractivity contribution is -0.143. The summed E-state index contributed by atoms with van der Waals surface area (Å²) in [5.74, 6) is -0.558. The van der Waals surface area contributed by atoms with Gasteiger partial charge in [0, 0.05) is 23.2 Å². The van der Waals surface area contributed by atoms with Gasteiger partial charge in [-0.2, -0.15) is 5.10 Å². The Bertz CT molecular complexity index is 1070. The lowest BCUT2D eigenvalue weighted by Crippen LogP contribution is -2.10. The van der Waals surface area contributed by atoms with Crippen LogP contribution in [-0.2, 0) is 22.4 Å². The van der Waals surface area contributed by atoms with Gasteiger partial charge in [-0.15, -0.1) is 0 Å². The van der Waals surface area contributed by atoms with E-state index in [2.05, 4.69) is 19.1 Å². The maximum Gasteiger partial charge on any atom is 0.305 e. The molecule has 3 aromatic rings. The van der Waals surface area contributed by atoms with Crippen LogP contribution in [0.3, 0.4) is 0 Å². The van der Waals surface area contributed by atoms with Gasteiger partial charge in [-0.05, 0) is 74.9 Å². The fourth-order valence-corrected chi connectivity index (χ4v) is 4.00. The largest absolute Gasteiger partial charge is 0.466 e. The Morgan fingerprint density at radius 3 is 2.42 bits per heavy atom. The van der Waals surface area contributed by atoms with Gasteiger partial charge in [0.25, 0.3) is 0 Å². The standard InChI is InChI=1S/C25H31N3O3/c1-4-20-15-16-22-24(18-11-13-19(14-12-18)25(26)30)21(17(3)27-28(20)22)9-7-6-8-10-23(29)31-5-2/h11-16H,4-10H2,1-3H3,(H2,26,30). The highest BCUT2D eigenvalue weighted by Crippen LogP contribution is 2.32. The summed E-state index contributed by atoms with van der Waals surface area (Å²) in [6, 6.07) is 11.7. The number of nitrogens with zero attached hydrogens (tertiary/aromatic N) is 2. The minimum absolute atomic E-state index is 0.128. The van der Waals surface area contributed by atoms with E-state index in [-0.39, 0.29) is 5.97 Å². The van der Waals surface area contributed by atoms with E-state index in [4.69, 9.17) is 15.6 Å². The number of carbonyl (C=O) groups is 2. The molecule has 0 atom stereocenters. The fourth-order valence-electron chi connectivity index (χ4n) is 4.00. The van der Waals surface area contributed by atoms with Crippen LogP contribution in [0.25, 0.3) is 16.6 Å². The number of ether oxygens (including phenoxy) is 1. The summed E-state index contributed by atoms with van der Waals surface area (Å²) in [5, 5.41) is 4.86. The molecule has 2 N–H and O–H groups in total. The summed E-state index contributed by atoms with van der Waals surface area (Å²) in [7, 11) is 0. The van der Waals surface area contributed by atoms with Gasteiger partial charge in [0.2, 0.25) is 5.91 Å². The predicted octanol–water partition coefficient (Wildman–Crippen LogP) is 4.64. The SMILES string of the molecule is CCOC(=O)CCCCCc1c(C)nn2c(CC)ccc2c1-c1ccc(C(N)=O)cc1. The van der Waals surface area contributed by atoms with Gasteiger partial charge in [0.15, 0.2) is 0 Å². The number of hydrogen-bond donors (Lipinski definition) is 1. The van der Waals surface area contributed by atoms with Gasteiger partial charge in [-0.25, -0.2) is 4.52 Å². The van der Waals surface area contributed by atoms with Crippen molar-refractivity contribution in [1.82, 2.24) is 9.61 Å². The number of hydrogen-bond acceptors (Lipinski definition) is 4. The van der Waals surface area contributed by atoms with E-state index < -0.39 is 5.91 Å². The van der Waals surface area contributed by atoms with Crippen molar-refractivity contribution >= 4 is 17.4 Å². The molecule has 0 saturated carbocycles. The first-order valence-corrected chi connectivity index (χ1v) is 11.0. The Morgan fingerprint density at radius 2 is 1.77 bits per heavy atom. The molecule has 1 amide bonds. The Labute approximate surface area is 183 Å². The van der Waals surface area contributed by atoms with Gasteiger partial charge < -0.3 is 10.5 Å². The summed E-state index contributed by atoms with van der Waals surface area (Å²) in [6.45, 7) is 6.43. The zero-order valence-corrected chi connectivity index (χ0v) is 18.6. The normalized spacial score (nSPS) is 11.1. The van der Waals surface area contributed by atoms with Crippen LogP contribution in [0.2, 0.25) is 0 Å². The van der Waals surface area contributed by atoms with Gasteiger partial charge >= 0.3 is 5.97 Å². The number of primary amides is 1. The van der Waals surface area contributed by atoms with Crippen LogP contribution in [0.5, 0.6) is 0 Å². The Kier molecular flexibility index (Phi) is 7.45. The second kappa shape index (κ2) is 10.2. The van der Waals surface area contributed by atoms with Crippen molar-refractivity contribution in [3.8, 4) is 11.1 Å². The number of carbonyl (C=O) groups excluding carboxylic acids is 2. The Morgan fingerprint density at radius 1 is 1.03 bits per heavy atom. The van der Waals surface area contributed by atoms with Crippen molar-refractivity contribution in [3.05, 3.63) is 58.9 Å². The zero-order valence-electron chi connectivity index (χ0n) is 18.6. The second-order valence-electron chi connectivity index (χ2n) is 7.72. The third-order valence-corrected chi connectivity index (χ3v) is 5.61. The van der Waals surface area contributed by atoms with Gasteiger partial charge in [-0.3, -0.25) is 9.59 Å². The molecule has 0 fully saturated rings. The first kappa shape index (κ1) is 22.5. The molecule has 6 heteroatoms. The Hall–Kier alpha value is -3.15. The molecule has 31 heavy (non-hydrogen) atoms. The van der Waals surface area contributed by atoms with Crippen LogP contribution in [0.4, 0.5) is 0 Å². The molecule has 1 aromatic carbocycles. The van der Waals surface area contributed by atoms with Crippen LogP contribution in [-0.4, -0.2) is 28.1 Å². The zero-order chi connectivity index (χ0) is 22.4. The molecular weight excluding hydrogens is 390 g/mol. The molecule has 0 saturated heterocycles. The molecule has 2 heterocycles. The summed E-state index contributed by atoms with van der Waals surface area (Å²) in [5.41, 5.74) is 12.5. The highest BCUT2D eigenvalue weighted by Gasteiger charge is 2.17. The smallest absolute Gasteiger partial charge is 0.305 e. The third-order valence-electron chi connectivity index (χ3n) is 5.61. The molecule has 0 radical (unpaired) electrons. The quantitative estimate of drug-likeness (QED) is 0.382. The van der Waals surface area contributed by atoms with Crippen molar-refractivity contribution in [2.24, 2.45) is 5.73 Å². The maximum absolute atomic E-state index is 11.6. The molecule has 0 spiro atoms. The number of esters is 1. The van der Waals surface area contributed by atoms with Crippen molar-refractivity contribution in [2.75, 3.05) is 6.61 Å². The monoisotopic (exact) mass is 421 g/mol. The highest BCUT2D eigenvalue weighted by molar-refractivity contribution is 5.94. The van der Waals surface area contributed by atoms with Gasteiger partial charge in [0.1, 0.15) is 0 Å². The van der Waals surface area contributed by atoms with E-state index in [9.17, 15) is 9.59 Å². The van der Waals surface area contributed by atoms with E-state index in [1.54, 1.807) is 12.1 Å². The molecular formula is C25H31N3O3. The van der Waals surface area contributed by atoms with Crippen LogP contribution in [0, 0.1) is 6.92 Å². The number of nitrogens with two attached hydrogens (primary N) is 1. The lowest BCUT2D eigenvalue weighted by Gasteiger charge is -2.16.